The molecule has 0 radical (unpaired) electrons. The molecule has 1 aromatic rings. The first-order chi connectivity index (χ1) is 6.16. The Hall–Kier alpha value is -1.56. The van der Waals surface area contributed by atoms with Crippen LogP contribution >= 0.6 is 11.5 Å². The van der Waals surface area contributed by atoms with E-state index >= 15 is 0 Å². The molecule has 5 nitrogen and oxygen atoms in total. The standard InChI is InChI=1S/C7H10N4OS/c1-2-3-10-7-4(6(9)12)5(8)11-13-7/h2,10H,1,3H2,(H2,8,11)(H2,9,12). The van der Waals surface area contributed by atoms with Crippen molar-refractivity contribution in [2.24, 2.45) is 5.73 Å². The lowest BCUT2D eigenvalue weighted by molar-refractivity contribution is 0.100. The van der Waals surface area contributed by atoms with Gasteiger partial charge in [0.05, 0.1) is 0 Å². The molecule has 0 aliphatic carbocycles. The fraction of sp³-hybridized carbons (Fsp3) is 0.143. The third kappa shape index (κ3) is 1.97. The first kappa shape index (κ1) is 9.53. The average Bonchev–Trinajstić information content (AvgIpc) is 2.43. The summed E-state index contributed by atoms with van der Waals surface area (Å²) in [4.78, 5) is 10.9. The minimum Gasteiger partial charge on any atom is -0.382 e. The molecule has 0 spiro atoms. The van der Waals surface area contributed by atoms with Crippen LogP contribution in [0.5, 0.6) is 0 Å². The number of carbonyl (C=O) groups is 1. The molecule has 0 fully saturated rings. The second-order valence-electron chi connectivity index (χ2n) is 2.31. The highest BCUT2D eigenvalue weighted by molar-refractivity contribution is 7.11. The summed E-state index contributed by atoms with van der Waals surface area (Å²) in [5.41, 5.74) is 10.8. The van der Waals surface area contributed by atoms with Crippen LogP contribution in [0.1, 0.15) is 10.4 Å². The summed E-state index contributed by atoms with van der Waals surface area (Å²) >= 11 is 1.11. The number of nitrogens with two attached hydrogens (primary N) is 2. The van der Waals surface area contributed by atoms with E-state index in [0.717, 1.165) is 11.5 Å². The van der Waals surface area contributed by atoms with E-state index in [0.29, 0.717) is 11.5 Å². The maximum atomic E-state index is 10.9. The lowest BCUT2D eigenvalue weighted by Gasteiger charge is -2.00. The number of rotatable bonds is 4. The molecule has 0 saturated heterocycles. The Morgan fingerprint density at radius 3 is 3.00 bits per heavy atom. The van der Waals surface area contributed by atoms with Gasteiger partial charge < -0.3 is 16.8 Å². The van der Waals surface area contributed by atoms with E-state index in [1.807, 2.05) is 0 Å². The van der Waals surface area contributed by atoms with Gasteiger partial charge in [0.15, 0.2) is 5.82 Å². The minimum atomic E-state index is -0.571. The van der Waals surface area contributed by atoms with E-state index in [4.69, 9.17) is 11.5 Å². The summed E-state index contributed by atoms with van der Waals surface area (Å²) in [5.74, 6) is -0.401. The number of nitrogen functional groups attached to an aromatic ring is 1. The molecule has 0 aliphatic rings. The molecule has 1 amide bonds. The lowest BCUT2D eigenvalue weighted by atomic mass is 10.3. The highest BCUT2D eigenvalue weighted by Crippen LogP contribution is 2.25. The monoisotopic (exact) mass is 198 g/mol. The number of hydrogen-bond acceptors (Lipinski definition) is 5. The first-order valence-corrected chi connectivity index (χ1v) is 4.34. The van der Waals surface area contributed by atoms with Gasteiger partial charge in [-0.3, -0.25) is 4.79 Å². The first-order valence-electron chi connectivity index (χ1n) is 3.56. The molecule has 70 valence electrons. The van der Waals surface area contributed by atoms with Gasteiger partial charge in [-0.05, 0) is 11.5 Å². The van der Waals surface area contributed by atoms with Gasteiger partial charge in [0, 0.05) is 6.54 Å². The molecule has 13 heavy (non-hydrogen) atoms. The zero-order chi connectivity index (χ0) is 9.84. The number of carbonyl (C=O) groups excluding carboxylic acids is 1. The van der Waals surface area contributed by atoms with Crippen LogP contribution in [0, 0.1) is 0 Å². The molecule has 0 atom stereocenters. The Kier molecular flexibility index (Phi) is 2.86. The molecule has 0 unspecified atom stereocenters. The zero-order valence-corrected chi connectivity index (χ0v) is 7.73. The van der Waals surface area contributed by atoms with Crippen molar-refractivity contribution in [1.82, 2.24) is 4.37 Å². The van der Waals surface area contributed by atoms with E-state index in [2.05, 4.69) is 16.3 Å². The van der Waals surface area contributed by atoms with E-state index in [1.165, 1.54) is 0 Å². The van der Waals surface area contributed by atoms with Crippen LogP contribution in [-0.4, -0.2) is 16.8 Å². The third-order valence-electron chi connectivity index (χ3n) is 1.37. The van der Waals surface area contributed by atoms with Gasteiger partial charge in [-0.2, -0.15) is 4.37 Å². The van der Waals surface area contributed by atoms with Crippen molar-refractivity contribution in [2.45, 2.75) is 0 Å². The summed E-state index contributed by atoms with van der Waals surface area (Å²) in [5, 5.41) is 3.51. The second-order valence-corrected chi connectivity index (χ2v) is 3.08. The van der Waals surface area contributed by atoms with E-state index < -0.39 is 5.91 Å². The fourth-order valence-electron chi connectivity index (χ4n) is 0.826. The third-order valence-corrected chi connectivity index (χ3v) is 2.19. The predicted molar refractivity (Wildman–Crippen MR) is 53.7 cm³/mol. The summed E-state index contributed by atoms with van der Waals surface area (Å²) < 4.78 is 3.81. The normalized spacial score (nSPS) is 9.54. The average molecular weight is 198 g/mol. The van der Waals surface area contributed by atoms with Crippen molar-refractivity contribution in [3.63, 3.8) is 0 Å². The van der Waals surface area contributed by atoms with E-state index in [-0.39, 0.29) is 11.4 Å². The van der Waals surface area contributed by atoms with Gasteiger partial charge in [-0.1, -0.05) is 6.08 Å². The van der Waals surface area contributed by atoms with Crippen LogP contribution in [0.4, 0.5) is 10.8 Å². The second kappa shape index (κ2) is 3.90. The van der Waals surface area contributed by atoms with Crippen molar-refractivity contribution >= 4 is 28.3 Å². The number of anilines is 2. The number of aromatic nitrogens is 1. The summed E-state index contributed by atoms with van der Waals surface area (Å²) in [7, 11) is 0. The largest absolute Gasteiger partial charge is 0.382 e. The van der Waals surface area contributed by atoms with Crippen molar-refractivity contribution < 1.29 is 4.79 Å². The number of primary amides is 1. The molecule has 1 rings (SSSR count). The molecule has 0 aromatic carbocycles. The van der Waals surface area contributed by atoms with Gasteiger partial charge in [0.1, 0.15) is 10.6 Å². The van der Waals surface area contributed by atoms with Crippen LogP contribution < -0.4 is 16.8 Å². The fourth-order valence-corrected chi connectivity index (χ4v) is 1.55. The topological polar surface area (TPSA) is 94.0 Å². The molecular weight excluding hydrogens is 188 g/mol. The highest BCUT2D eigenvalue weighted by atomic mass is 32.1. The number of amides is 1. The smallest absolute Gasteiger partial charge is 0.255 e. The SMILES string of the molecule is C=CCNc1snc(N)c1C(N)=O. The number of nitrogens with one attached hydrogen (secondary N) is 1. The molecule has 5 N–H and O–H groups in total. The minimum absolute atomic E-state index is 0.170. The predicted octanol–water partition coefficient (Wildman–Crippen LogP) is 0.422. The summed E-state index contributed by atoms with van der Waals surface area (Å²) in [6.07, 6.45) is 1.67. The maximum absolute atomic E-state index is 10.9. The van der Waals surface area contributed by atoms with Crippen molar-refractivity contribution in [3.8, 4) is 0 Å². The van der Waals surface area contributed by atoms with Gasteiger partial charge in [0.25, 0.3) is 5.91 Å². The van der Waals surface area contributed by atoms with Crippen LogP contribution in [0.15, 0.2) is 12.7 Å². The molecule has 6 heteroatoms. The Morgan fingerprint density at radius 1 is 1.77 bits per heavy atom. The van der Waals surface area contributed by atoms with E-state index in [9.17, 15) is 4.79 Å². The Morgan fingerprint density at radius 2 is 2.46 bits per heavy atom. The molecular formula is C7H10N4OS. The van der Waals surface area contributed by atoms with Crippen molar-refractivity contribution in [1.29, 1.82) is 0 Å². The molecule has 0 saturated carbocycles. The quantitative estimate of drug-likeness (QED) is 0.611. The Labute approximate surface area is 79.6 Å². The van der Waals surface area contributed by atoms with Gasteiger partial charge in [-0.25, -0.2) is 0 Å². The van der Waals surface area contributed by atoms with E-state index in [1.54, 1.807) is 6.08 Å². The molecule has 1 aromatic heterocycles. The lowest BCUT2D eigenvalue weighted by Crippen LogP contribution is -2.14. The molecule has 0 bridgehead atoms. The Balaban J connectivity index is 2.93. The zero-order valence-electron chi connectivity index (χ0n) is 6.91. The number of hydrogen-bond donors (Lipinski definition) is 3. The van der Waals surface area contributed by atoms with Gasteiger partial charge >= 0.3 is 0 Å². The van der Waals surface area contributed by atoms with Gasteiger partial charge in [-0.15, -0.1) is 6.58 Å². The van der Waals surface area contributed by atoms with Crippen LogP contribution in [0.3, 0.4) is 0 Å². The summed E-state index contributed by atoms with van der Waals surface area (Å²) in [6.45, 7) is 4.07. The van der Waals surface area contributed by atoms with Crippen LogP contribution in [0.2, 0.25) is 0 Å². The van der Waals surface area contributed by atoms with Crippen LogP contribution in [0.25, 0.3) is 0 Å². The molecule has 0 aliphatic heterocycles. The van der Waals surface area contributed by atoms with Crippen LogP contribution in [-0.2, 0) is 0 Å². The van der Waals surface area contributed by atoms with Crippen molar-refractivity contribution in [2.75, 3.05) is 17.6 Å². The maximum Gasteiger partial charge on any atom is 0.255 e. The highest BCUT2D eigenvalue weighted by Gasteiger charge is 2.15. The Bertz CT molecular complexity index is 333. The van der Waals surface area contributed by atoms with Crippen molar-refractivity contribution in [3.05, 3.63) is 18.2 Å². The number of nitrogens with zero attached hydrogens (tertiary/aromatic N) is 1. The summed E-state index contributed by atoms with van der Waals surface area (Å²) in [6, 6.07) is 0. The molecule has 1 heterocycles. The van der Waals surface area contributed by atoms with Gasteiger partial charge in [0.2, 0.25) is 0 Å².